The zero-order chi connectivity index (χ0) is 15.1. The van der Waals surface area contributed by atoms with Gasteiger partial charge in [-0.1, -0.05) is 16.8 Å². The van der Waals surface area contributed by atoms with Crippen molar-refractivity contribution in [2.24, 2.45) is 5.16 Å². The van der Waals surface area contributed by atoms with Gasteiger partial charge in [0.25, 0.3) is 5.17 Å². The fourth-order valence-corrected chi connectivity index (χ4v) is 1.75. The summed E-state index contributed by atoms with van der Waals surface area (Å²) < 4.78 is 10.8. The van der Waals surface area contributed by atoms with E-state index < -0.39 is 0 Å². The molecule has 0 aliphatic carbocycles. The second-order valence-corrected chi connectivity index (χ2v) is 5.13. The van der Waals surface area contributed by atoms with Crippen LogP contribution in [-0.2, 0) is 4.74 Å². The number of benzene rings is 1. The summed E-state index contributed by atoms with van der Waals surface area (Å²) >= 11 is 11.1. The van der Waals surface area contributed by atoms with Crippen LogP contribution in [0.2, 0.25) is 5.02 Å². The van der Waals surface area contributed by atoms with Crippen LogP contribution >= 0.6 is 23.8 Å². The fraction of sp³-hybridized carbons (Fsp3) is 0.385. The van der Waals surface area contributed by atoms with Gasteiger partial charge in [0.15, 0.2) is 0 Å². The first-order valence-electron chi connectivity index (χ1n) is 6.00. The minimum absolute atomic E-state index is 0.00133. The van der Waals surface area contributed by atoms with E-state index in [1.807, 2.05) is 13.8 Å². The first-order chi connectivity index (χ1) is 9.42. The molecule has 1 rings (SSSR count). The number of oxime groups is 1. The minimum Gasteiger partial charge on any atom is -0.486 e. The van der Waals surface area contributed by atoms with Crippen LogP contribution in [0.5, 0.6) is 5.75 Å². The van der Waals surface area contributed by atoms with Crippen LogP contribution in [0, 0.1) is 0 Å². The van der Waals surface area contributed by atoms with Crippen molar-refractivity contribution in [3.05, 3.63) is 23.2 Å². The van der Waals surface area contributed by atoms with Crippen LogP contribution in [0.3, 0.4) is 0 Å². The summed E-state index contributed by atoms with van der Waals surface area (Å²) in [6.07, 6.45) is 0.00133. The van der Waals surface area contributed by atoms with Crippen molar-refractivity contribution in [3.63, 3.8) is 0 Å². The summed E-state index contributed by atoms with van der Waals surface area (Å²) in [5.41, 5.74) is 1.15. The molecule has 0 unspecified atom stereocenters. The molecule has 0 saturated heterocycles. The number of halogens is 1. The van der Waals surface area contributed by atoms with Crippen molar-refractivity contribution >= 4 is 40.4 Å². The van der Waals surface area contributed by atoms with Crippen molar-refractivity contribution in [2.75, 3.05) is 11.9 Å². The molecule has 0 bridgehead atoms. The molecule has 5 nitrogen and oxygen atoms in total. The van der Waals surface area contributed by atoms with Gasteiger partial charge in [-0.25, -0.2) is 0 Å². The third kappa shape index (κ3) is 5.63. The Balaban J connectivity index is 2.73. The smallest absolute Gasteiger partial charge is 0.261 e. The largest absolute Gasteiger partial charge is 0.486 e. The molecule has 0 aromatic heterocycles. The summed E-state index contributed by atoms with van der Waals surface area (Å²) in [5, 5.41) is 15.3. The highest BCUT2D eigenvalue weighted by Crippen LogP contribution is 2.28. The Bertz CT molecular complexity index is 506. The molecule has 7 heteroatoms. The molecule has 0 aliphatic rings. The average Bonchev–Trinajstić information content (AvgIpc) is 2.37. The highest BCUT2D eigenvalue weighted by molar-refractivity contribution is 7.80. The third-order valence-corrected chi connectivity index (χ3v) is 2.64. The van der Waals surface area contributed by atoms with Gasteiger partial charge in [0.1, 0.15) is 12.4 Å². The Kier molecular flexibility index (Phi) is 6.54. The highest BCUT2D eigenvalue weighted by Gasteiger charge is 2.07. The van der Waals surface area contributed by atoms with Gasteiger partial charge in [-0.15, -0.1) is 0 Å². The lowest BCUT2D eigenvalue weighted by molar-refractivity contribution is 0.235. The number of rotatable bonds is 5. The molecule has 0 aliphatic heterocycles. The predicted octanol–water partition coefficient (Wildman–Crippen LogP) is 3.69. The monoisotopic (exact) mass is 316 g/mol. The number of ether oxygens (including phenoxy) is 2. The van der Waals surface area contributed by atoms with Crippen molar-refractivity contribution in [3.8, 4) is 5.75 Å². The predicted molar refractivity (Wildman–Crippen MR) is 84.3 cm³/mol. The van der Waals surface area contributed by atoms with Gasteiger partial charge in [0.2, 0.25) is 0 Å². The maximum Gasteiger partial charge on any atom is 0.261 e. The molecule has 0 spiro atoms. The Morgan fingerprint density at radius 2 is 2.20 bits per heavy atom. The van der Waals surface area contributed by atoms with Crippen molar-refractivity contribution in [1.82, 2.24) is 0 Å². The van der Waals surface area contributed by atoms with Crippen LogP contribution in [0.4, 0.5) is 5.69 Å². The molecule has 1 aromatic rings. The Morgan fingerprint density at radius 3 is 2.80 bits per heavy atom. The summed E-state index contributed by atoms with van der Waals surface area (Å²) in [5.74, 6) is 0.465. The van der Waals surface area contributed by atoms with E-state index in [9.17, 15) is 0 Å². The number of hydrogen-bond acceptors (Lipinski definition) is 5. The third-order valence-electron chi connectivity index (χ3n) is 2.13. The van der Waals surface area contributed by atoms with Gasteiger partial charge in [-0.05, 0) is 45.1 Å². The molecule has 2 N–H and O–H groups in total. The zero-order valence-corrected chi connectivity index (χ0v) is 13.1. The van der Waals surface area contributed by atoms with E-state index in [4.69, 9.17) is 38.5 Å². The van der Waals surface area contributed by atoms with Crippen molar-refractivity contribution < 1.29 is 14.7 Å². The lowest BCUT2D eigenvalue weighted by atomic mass is 10.3. The van der Waals surface area contributed by atoms with E-state index in [1.54, 1.807) is 25.1 Å². The SMILES string of the molecule is CC(COc1cc(NC(=S)OC(C)C)ccc1Cl)=NO. The lowest BCUT2D eigenvalue weighted by Crippen LogP contribution is -2.17. The van der Waals surface area contributed by atoms with Gasteiger partial charge in [0.05, 0.1) is 16.8 Å². The van der Waals surface area contributed by atoms with E-state index >= 15 is 0 Å². The van der Waals surface area contributed by atoms with Gasteiger partial charge < -0.3 is 20.0 Å². The topological polar surface area (TPSA) is 63.1 Å². The fourth-order valence-electron chi connectivity index (χ4n) is 1.26. The Labute approximate surface area is 128 Å². The number of nitrogens with one attached hydrogen (secondary N) is 1. The quantitative estimate of drug-likeness (QED) is 0.375. The summed E-state index contributed by atoms with van der Waals surface area (Å²) in [4.78, 5) is 0. The van der Waals surface area contributed by atoms with Gasteiger partial charge in [-0.3, -0.25) is 0 Å². The van der Waals surface area contributed by atoms with Crippen LogP contribution in [0.25, 0.3) is 0 Å². The van der Waals surface area contributed by atoms with Crippen molar-refractivity contribution in [1.29, 1.82) is 0 Å². The van der Waals surface area contributed by atoms with Gasteiger partial charge in [0, 0.05) is 11.8 Å². The van der Waals surface area contributed by atoms with Crippen molar-refractivity contribution in [2.45, 2.75) is 26.9 Å². The Morgan fingerprint density at radius 1 is 1.50 bits per heavy atom. The van der Waals surface area contributed by atoms with Gasteiger partial charge in [-0.2, -0.15) is 0 Å². The molecule has 110 valence electrons. The van der Waals surface area contributed by atoms with E-state index in [2.05, 4.69) is 10.5 Å². The van der Waals surface area contributed by atoms with E-state index in [1.165, 1.54) is 0 Å². The minimum atomic E-state index is 0.00133. The molecule has 1 aromatic carbocycles. The summed E-state index contributed by atoms with van der Waals surface area (Å²) in [6, 6.07) is 5.14. The normalized spacial score (nSPS) is 11.3. The lowest BCUT2D eigenvalue weighted by Gasteiger charge is -2.14. The van der Waals surface area contributed by atoms with Crippen LogP contribution in [0.15, 0.2) is 23.4 Å². The number of nitrogens with zero attached hydrogens (tertiary/aromatic N) is 1. The number of thiocarbonyl (C=S) groups is 1. The molecule has 0 heterocycles. The van der Waals surface area contributed by atoms with Crippen LogP contribution in [-0.4, -0.2) is 28.8 Å². The number of anilines is 1. The molecule has 0 radical (unpaired) electrons. The molecule has 0 saturated carbocycles. The average molecular weight is 317 g/mol. The van der Waals surface area contributed by atoms with Crippen LogP contribution in [0.1, 0.15) is 20.8 Å². The zero-order valence-electron chi connectivity index (χ0n) is 11.5. The molecule has 0 fully saturated rings. The summed E-state index contributed by atoms with van der Waals surface area (Å²) in [7, 11) is 0. The first-order valence-corrected chi connectivity index (χ1v) is 6.78. The van der Waals surface area contributed by atoms with E-state index in [0.717, 1.165) is 0 Å². The maximum absolute atomic E-state index is 8.57. The first kappa shape index (κ1) is 16.5. The van der Waals surface area contributed by atoms with E-state index in [-0.39, 0.29) is 17.9 Å². The number of hydrogen-bond donors (Lipinski definition) is 2. The van der Waals surface area contributed by atoms with Gasteiger partial charge >= 0.3 is 0 Å². The second kappa shape index (κ2) is 7.91. The molecular weight excluding hydrogens is 300 g/mol. The Hall–Kier alpha value is -1.53. The van der Waals surface area contributed by atoms with E-state index in [0.29, 0.717) is 22.2 Å². The molecular formula is C13H17ClN2O3S. The maximum atomic E-state index is 8.57. The van der Waals surface area contributed by atoms with Crippen LogP contribution < -0.4 is 10.1 Å². The second-order valence-electron chi connectivity index (χ2n) is 4.35. The molecule has 20 heavy (non-hydrogen) atoms. The molecule has 0 atom stereocenters. The standard InChI is InChI=1S/C13H17ClN2O3S/c1-8(2)19-13(20)15-10-4-5-11(14)12(6-10)18-7-9(3)16-17/h4-6,8,17H,7H2,1-3H3,(H,15,20). The summed E-state index contributed by atoms with van der Waals surface area (Å²) in [6.45, 7) is 5.57. The molecule has 0 amide bonds. The highest BCUT2D eigenvalue weighted by atomic mass is 35.5.